The number of hydrogen-bond acceptors (Lipinski definition) is 2. The summed E-state index contributed by atoms with van der Waals surface area (Å²) in [5, 5.41) is 3.44. The van der Waals surface area contributed by atoms with Crippen LogP contribution in [0.4, 0.5) is 0 Å². The fourth-order valence-electron chi connectivity index (χ4n) is 2.40. The van der Waals surface area contributed by atoms with Crippen LogP contribution in [0.25, 0.3) is 0 Å². The lowest BCUT2D eigenvalue weighted by Crippen LogP contribution is -2.42. The van der Waals surface area contributed by atoms with Crippen molar-refractivity contribution in [3.63, 3.8) is 0 Å². The Labute approximate surface area is 95.4 Å². The molecule has 1 aliphatic rings. The van der Waals surface area contributed by atoms with Crippen molar-refractivity contribution < 1.29 is 0 Å². The van der Waals surface area contributed by atoms with Gasteiger partial charge in [-0.3, -0.25) is 0 Å². The average molecular weight is 212 g/mol. The largest absolute Gasteiger partial charge is 0.317 e. The van der Waals surface area contributed by atoms with Crippen LogP contribution in [0, 0.1) is 11.8 Å². The maximum absolute atomic E-state index is 3.44. The number of nitrogens with zero attached hydrogens (tertiary/aromatic N) is 1. The Hall–Kier alpha value is -0.0800. The molecule has 0 aromatic heterocycles. The summed E-state index contributed by atoms with van der Waals surface area (Å²) in [5.41, 5.74) is 0. The molecule has 2 nitrogen and oxygen atoms in total. The molecule has 1 rings (SSSR count). The minimum Gasteiger partial charge on any atom is -0.317 e. The SMILES string of the molecule is CCN(CC1CCNCC1)C(C)C(C)C. The molecule has 1 aliphatic heterocycles. The van der Waals surface area contributed by atoms with E-state index in [4.69, 9.17) is 0 Å². The Balaban J connectivity index is 2.37. The maximum Gasteiger partial charge on any atom is 0.00899 e. The van der Waals surface area contributed by atoms with Crippen molar-refractivity contribution in [2.45, 2.75) is 46.6 Å². The van der Waals surface area contributed by atoms with E-state index < -0.39 is 0 Å². The highest BCUT2D eigenvalue weighted by Gasteiger charge is 2.20. The van der Waals surface area contributed by atoms with Gasteiger partial charge in [0.05, 0.1) is 0 Å². The first-order chi connectivity index (χ1) is 7.15. The summed E-state index contributed by atoms with van der Waals surface area (Å²) in [5.74, 6) is 1.69. The Kier molecular flexibility index (Phi) is 5.62. The molecule has 2 heteroatoms. The van der Waals surface area contributed by atoms with Crippen molar-refractivity contribution in [2.24, 2.45) is 11.8 Å². The smallest absolute Gasteiger partial charge is 0.00899 e. The fourth-order valence-corrected chi connectivity index (χ4v) is 2.40. The molecule has 0 saturated carbocycles. The van der Waals surface area contributed by atoms with Crippen LogP contribution in [0.3, 0.4) is 0 Å². The molecule has 1 saturated heterocycles. The van der Waals surface area contributed by atoms with E-state index in [0.717, 1.165) is 17.9 Å². The second-order valence-corrected chi connectivity index (χ2v) is 5.27. The van der Waals surface area contributed by atoms with Gasteiger partial charge in [-0.05, 0) is 51.2 Å². The summed E-state index contributed by atoms with van der Waals surface area (Å²) in [6.07, 6.45) is 2.72. The molecule has 90 valence electrons. The van der Waals surface area contributed by atoms with Gasteiger partial charge in [0.1, 0.15) is 0 Å². The lowest BCUT2D eigenvalue weighted by Gasteiger charge is -2.35. The van der Waals surface area contributed by atoms with Crippen LogP contribution in [0.15, 0.2) is 0 Å². The molecule has 1 heterocycles. The number of rotatable bonds is 5. The van der Waals surface area contributed by atoms with E-state index in [2.05, 4.69) is 37.9 Å². The van der Waals surface area contributed by atoms with Crippen molar-refractivity contribution in [1.29, 1.82) is 0 Å². The van der Waals surface area contributed by atoms with Gasteiger partial charge >= 0.3 is 0 Å². The van der Waals surface area contributed by atoms with Gasteiger partial charge < -0.3 is 10.2 Å². The van der Waals surface area contributed by atoms with Gasteiger partial charge in [0.15, 0.2) is 0 Å². The second-order valence-electron chi connectivity index (χ2n) is 5.27. The lowest BCUT2D eigenvalue weighted by atomic mass is 9.95. The molecule has 0 radical (unpaired) electrons. The normalized spacial score (nSPS) is 21.2. The maximum atomic E-state index is 3.44. The highest BCUT2D eigenvalue weighted by atomic mass is 15.1. The van der Waals surface area contributed by atoms with E-state index in [0.29, 0.717) is 0 Å². The van der Waals surface area contributed by atoms with Gasteiger partial charge in [-0.1, -0.05) is 20.8 Å². The van der Waals surface area contributed by atoms with Crippen LogP contribution >= 0.6 is 0 Å². The monoisotopic (exact) mass is 212 g/mol. The van der Waals surface area contributed by atoms with Crippen LogP contribution in [0.2, 0.25) is 0 Å². The van der Waals surface area contributed by atoms with Crippen LogP contribution in [0.1, 0.15) is 40.5 Å². The first kappa shape index (κ1) is 13.0. The number of piperidine rings is 1. The highest BCUT2D eigenvalue weighted by molar-refractivity contribution is 4.76. The first-order valence-corrected chi connectivity index (χ1v) is 6.59. The molecule has 15 heavy (non-hydrogen) atoms. The highest BCUT2D eigenvalue weighted by Crippen LogP contribution is 2.17. The third-order valence-corrected chi connectivity index (χ3v) is 3.90. The van der Waals surface area contributed by atoms with E-state index in [1.165, 1.54) is 39.0 Å². The summed E-state index contributed by atoms with van der Waals surface area (Å²) < 4.78 is 0. The molecule has 1 atom stereocenters. The van der Waals surface area contributed by atoms with Crippen molar-refractivity contribution in [3.8, 4) is 0 Å². The van der Waals surface area contributed by atoms with Crippen molar-refractivity contribution >= 4 is 0 Å². The van der Waals surface area contributed by atoms with E-state index in [-0.39, 0.29) is 0 Å². The van der Waals surface area contributed by atoms with Gasteiger partial charge in [-0.25, -0.2) is 0 Å². The zero-order chi connectivity index (χ0) is 11.3. The van der Waals surface area contributed by atoms with Gasteiger partial charge in [0.25, 0.3) is 0 Å². The third-order valence-electron chi connectivity index (χ3n) is 3.90. The topological polar surface area (TPSA) is 15.3 Å². The zero-order valence-electron chi connectivity index (χ0n) is 10.9. The standard InChI is InChI=1S/C13H28N2/c1-5-15(12(4)11(2)3)10-13-6-8-14-9-7-13/h11-14H,5-10H2,1-4H3. The van der Waals surface area contributed by atoms with Crippen molar-refractivity contribution in [1.82, 2.24) is 10.2 Å². The molecule has 0 spiro atoms. The average Bonchev–Trinajstić information content (AvgIpc) is 2.26. The van der Waals surface area contributed by atoms with Gasteiger partial charge in [-0.2, -0.15) is 0 Å². The Morgan fingerprint density at radius 1 is 1.20 bits per heavy atom. The van der Waals surface area contributed by atoms with Crippen molar-refractivity contribution in [2.75, 3.05) is 26.2 Å². The Morgan fingerprint density at radius 2 is 1.80 bits per heavy atom. The van der Waals surface area contributed by atoms with E-state index in [1.54, 1.807) is 0 Å². The molecule has 0 bridgehead atoms. The summed E-state index contributed by atoms with van der Waals surface area (Å²) >= 11 is 0. The van der Waals surface area contributed by atoms with Crippen LogP contribution in [-0.4, -0.2) is 37.1 Å². The van der Waals surface area contributed by atoms with Crippen LogP contribution in [-0.2, 0) is 0 Å². The second kappa shape index (κ2) is 6.49. The predicted octanol–water partition coefficient (Wildman–Crippen LogP) is 2.35. The quantitative estimate of drug-likeness (QED) is 0.752. The Morgan fingerprint density at radius 3 is 2.27 bits per heavy atom. The van der Waals surface area contributed by atoms with E-state index in [1.807, 2.05) is 0 Å². The number of nitrogens with one attached hydrogen (secondary N) is 1. The fraction of sp³-hybridized carbons (Fsp3) is 1.00. The Bertz CT molecular complexity index is 162. The van der Waals surface area contributed by atoms with E-state index in [9.17, 15) is 0 Å². The summed E-state index contributed by atoms with van der Waals surface area (Å²) in [6, 6.07) is 0.727. The van der Waals surface area contributed by atoms with Gasteiger partial charge in [0.2, 0.25) is 0 Å². The molecule has 0 aromatic rings. The molecule has 0 aromatic carbocycles. The van der Waals surface area contributed by atoms with E-state index >= 15 is 0 Å². The van der Waals surface area contributed by atoms with Gasteiger partial charge in [0, 0.05) is 12.6 Å². The minimum absolute atomic E-state index is 0.727. The molecular formula is C13H28N2. The summed E-state index contributed by atoms with van der Waals surface area (Å²) in [7, 11) is 0. The minimum atomic E-state index is 0.727. The first-order valence-electron chi connectivity index (χ1n) is 6.59. The van der Waals surface area contributed by atoms with Crippen LogP contribution < -0.4 is 5.32 Å². The van der Waals surface area contributed by atoms with Crippen LogP contribution in [0.5, 0.6) is 0 Å². The summed E-state index contributed by atoms with van der Waals surface area (Å²) in [4.78, 5) is 2.65. The molecule has 1 unspecified atom stereocenters. The van der Waals surface area contributed by atoms with Crippen molar-refractivity contribution in [3.05, 3.63) is 0 Å². The molecule has 1 N–H and O–H groups in total. The molecule has 0 amide bonds. The zero-order valence-corrected chi connectivity index (χ0v) is 10.9. The van der Waals surface area contributed by atoms with Gasteiger partial charge in [-0.15, -0.1) is 0 Å². The number of hydrogen-bond donors (Lipinski definition) is 1. The molecular weight excluding hydrogens is 184 g/mol. The molecule has 1 fully saturated rings. The third kappa shape index (κ3) is 4.12. The lowest BCUT2D eigenvalue weighted by molar-refractivity contribution is 0.138. The predicted molar refractivity (Wildman–Crippen MR) is 67.1 cm³/mol. The summed E-state index contributed by atoms with van der Waals surface area (Å²) in [6.45, 7) is 14.3. The molecule has 0 aliphatic carbocycles.